The third kappa shape index (κ3) is 3.06. The number of hydrogen-bond donors (Lipinski definition) is 0. The Labute approximate surface area is 142 Å². The molecule has 0 spiro atoms. The lowest BCUT2D eigenvalue weighted by Gasteiger charge is -2.14. The Morgan fingerprint density at radius 2 is 1.52 bits per heavy atom. The first-order valence-corrected chi connectivity index (χ1v) is 9.05. The maximum Gasteiger partial charge on any atom is 0.0628 e. The van der Waals surface area contributed by atoms with E-state index in [9.17, 15) is 0 Å². The van der Waals surface area contributed by atoms with Crippen molar-refractivity contribution in [2.45, 2.75) is 40.0 Å². The van der Waals surface area contributed by atoms with Crippen molar-refractivity contribution in [1.29, 1.82) is 0 Å². The Kier molecular flexibility index (Phi) is 4.87. The van der Waals surface area contributed by atoms with Gasteiger partial charge in [-0.2, -0.15) is 4.37 Å². The average molecular weight is 322 g/mol. The van der Waals surface area contributed by atoms with Crippen LogP contribution in [0.5, 0.6) is 0 Å². The number of rotatable bonds is 5. The van der Waals surface area contributed by atoms with Crippen molar-refractivity contribution in [1.82, 2.24) is 9.36 Å². The number of aromatic nitrogens is 2. The fourth-order valence-electron chi connectivity index (χ4n) is 3.20. The van der Waals surface area contributed by atoms with Crippen LogP contribution in [0.25, 0.3) is 21.6 Å². The number of aryl methyl sites for hydroxylation is 2. The molecular weight excluding hydrogens is 300 g/mol. The van der Waals surface area contributed by atoms with E-state index in [-0.39, 0.29) is 0 Å². The summed E-state index contributed by atoms with van der Waals surface area (Å²) in [4.78, 5) is 5.37. The van der Waals surface area contributed by atoms with Crippen molar-refractivity contribution >= 4 is 11.5 Å². The van der Waals surface area contributed by atoms with Crippen molar-refractivity contribution in [3.63, 3.8) is 0 Å². The van der Waals surface area contributed by atoms with E-state index in [4.69, 9.17) is 0 Å². The molecule has 0 amide bonds. The predicted octanol–water partition coefficient (Wildman–Crippen LogP) is 5.56. The van der Waals surface area contributed by atoms with Gasteiger partial charge in [0, 0.05) is 24.2 Å². The predicted molar refractivity (Wildman–Crippen MR) is 98.9 cm³/mol. The Hall–Kier alpha value is -2.00. The van der Waals surface area contributed by atoms with Crippen LogP contribution in [0.15, 0.2) is 42.9 Å². The van der Waals surface area contributed by atoms with Crippen LogP contribution in [0.2, 0.25) is 0 Å². The van der Waals surface area contributed by atoms with Crippen LogP contribution >= 0.6 is 11.5 Å². The van der Waals surface area contributed by atoms with E-state index in [1.807, 2.05) is 18.6 Å². The van der Waals surface area contributed by atoms with Crippen LogP contribution < -0.4 is 0 Å². The molecule has 0 saturated carbocycles. The Balaban J connectivity index is 2.15. The summed E-state index contributed by atoms with van der Waals surface area (Å²) in [7, 11) is 0. The van der Waals surface area contributed by atoms with Crippen LogP contribution in [0, 0.1) is 0 Å². The van der Waals surface area contributed by atoms with Gasteiger partial charge in [0.25, 0.3) is 0 Å². The van der Waals surface area contributed by atoms with E-state index >= 15 is 0 Å². The van der Waals surface area contributed by atoms with Gasteiger partial charge in [-0.25, -0.2) is 0 Å². The molecule has 3 heteroatoms. The molecule has 118 valence electrons. The van der Waals surface area contributed by atoms with Gasteiger partial charge in [-0.1, -0.05) is 20.8 Å². The van der Waals surface area contributed by atoms with Gasteiger partial charge in [0.2, 0.25) is 0 Å². The van der Waals surface area contributed by atoms with Crippen LogP contribution in [-0.4, -0.2) is 9.36 Å². The van der Waals surface area contributed by atoms with Crippen LogP contribution in [0.3, 0.4) is 0 Å². The highest BCUT2D eigenvalue weighted by Crippen LogP contribution is 2.37. The third-order valence-electron chi connectivity index (χ3n) is 4.37. The maximum atomic E-state index is 4.45. The van der Waals surface area contributed by atoms with Gasteiger partial charge in [0.15, 0.2) is 0 Å². The smallest absolute Gasteiger partial charge is 0.0628 e. The largest absolute Gasteiger partial charge is 0.265 e. The van der Waals surface area contributed by atoms with E-state index in [1.165, 1.54) is 38.3 Å². The lowest BCUT2D eigenvalue weighted by atomic mass is 9.91. The second kappa shape index (κ2) is 7.05. The molecule has 0 aliphatic heterocycles. The fourth-order valence-corrected chi connectivity index (χ4v) is 3.95. The molecule has 0 N–H and O–H groups in total. The molecule has 23 heavy (non-hydrogen) atoms. The van der Waals surface area contributed by atoms with Crippen molar-refractivity contribution in [3.8, 4) is 21.6 Å². The lowest BCUT2D eigenvalue weighted by Crippen LogP contribution is -1.98. The second-order valence-electron chi connectivity index (χ2n) is 5.64. The van der Waals surface area contributed by atoms with E-state index in [1.54, 1.807) is 11.5 Å². The summed E-state index contributed by atoms with van der Waals surface area (Å²) in [6.45, 7) is 6.74. The lowest BCUT2D eigenvalue weighted by molar-refractivity contribution is 0.983. The van der Waals surface area contributed by atoms with Gasteiger partial charge >= 0.3 is 0 Å². The molecule has 2 aromatic heterocycles. The van der Waals surface area contributed by atoms with Crippen LogP contribution in [0.1, 0.15) is 37.5 Å². The van der Waals surface area contributed by atoms with Crippen LogP contribution in [-0.2, 0) is 19.3 Å². The van der Waals surface area contributed by atoms with Gasteiger partial charge in [0.05, 0.1) is 4.88 Å². The minimum absolute atomic E-state index is 1.08. The normalized spacial score (nSPS) is 10.9. The molecule has 0 aliphatic rings. The first-order valence-electron chi connectivity index (χ1n) is 8.28. The fraction of sp³-hybridized carbons (Fsp3) is 0.300. The molecule has 0 fully saturated rings. The summed E-state index contributed by atoms with van der Waals surface area (Å²) in [5.41, 5.74) is 8.14. The SMILES string of the molecule is CCc1cc(-c2sncc2-c2ccncc2)cc(CC)c1CC. The van der Waals surface area contributed by atoms with Gasteiger partial charge in [0.1, 0.15) is 0 Å². The Morgan fingerprint density at radius 1 is 0.870 bits per heavy atom. The van der Waals surface area contributed by atoms with E-state index < -0.39 is 0 Å². The zero-order valence-corrected chi connectivity index (χ0v) is 14.8. The molecule has 0 atom stereocenters. The molecule has 2 nitrogen and oxygen atoms in total. The Morgan fingerprint density at radius 3 is 2.09 bits per heavy atom. The highest BCUT2D eigenvalue weighted by atomic mass is 32.1. The summed E-state index contributed by atoms with van der Waals surface area (Å²) < 4.78 is 4.45. The molecule has 2 heterocycles. The molecular formula is C20H22N2S. The first-order chi connectivity index (χ1) is 11.3. The molecule has 0 saturated heterocycles. The summed E-state index contributed by atoms with van der Waals surface area (Å²) in [5, 5.41) is 0. The van der Waals surface area contributed by atoms with Gasteiger partial charge in [-0.15, -0.1) is 0 Å². The molecule has 3 aromatic rings. The summed E-state index contributed by atoms with van der Waals surface area (Å²) in [6, 6.07) is 8.82. The highest BCUT2D eigenvalue weighted by molar-refractivity contribution is 7.10. The second-order valence-corrected chi connectivity index (χ2v) is 6.44. The van der Waals surface area contributed by atoms with E-state index in [0.717, 1.165) is 19.3 Å². The van der Waals surface area contributed by atoms with E-state index in [2.05, 4.69) is 54.4 Å². The van der Waals surface area contributed by atoms with Crippen molar-refractivity contribution < 1.29 is 0 Å². The molecule has 0 bridgehead atoms. The van der Waals surface area contributed by atoms with Crippen molar-refractivity contribution in [2.24, 2.45) is 0 Å². The number of pyridine rings is 1. The van der Waals surface area contributed by atoms with Crippen molar-refractivity contribution in [3.05, 3.63) is 59.5 Å². The zero-order chi connectivity index (χ0) is 16.2. The van der Waals surface area contributed by atoms with Gasteiger partial charge in [-0.3, -0.25) is 4.98 Å². The molecule has 1 aromatic carbocycles. The zero-order valence-electron chi connectivity index (χ0n) is 14.0. The van der Waals surface area contributed by atoms with E-state index in [0.29, 0.717) is 0 Å². The number of benzene rings is 1. The maximum absolute atomic E-state index is 4.45. The minimum Gasteiger partial charge on any atom is -0.265 e. The topological polar surface area (TPSA) is 25.8 Å². The average Bonchev–Trinajstić information content (AvgIpc) is 3.10. The minimum atomic E-state index is 1.08. The van der Waals surface area contributed by atoms with Gasteiger partial charge in [-0.05, 0) is 82.9 Å². The molecule has 0 aliphatic carbocycles. The highest BCUT2D eigenvalue weighted by Gasteiger charge is 2.14. The monoisotopic (exact) mass is 322 g/mol. The quantitative estimate of drug-likeness (QED) is 0.614. The number of nitrogens with zero attached hydrogens (tertiary/aromatic N) is 2. The van der Waals surface area contributed by atoms with Gasteiger partial charge < -0.3 is 0 Å². The molecule has 0 radical (unpaired) electrons. The first kappa shape index (κ1) is 15.9. The van der Waals surface area contributed by atoms with Crippen LogP contribution in [0.4, 0.5) is 0 Å². The third-order valence-corrected chi connectivity index (χ3v) is 5.22. The molecule has 3 rings (SSSR count). The summed E-state index contributed by atoms with van der Waals surface area (Å²) in [5.74, 6) is 0. The summed E-state index contributed by atoms with van der Waals surface area (Å²) in [6.07, 6.45) is 8.91. The van der Waals surface area contributed by atoms with Crippen molar-refractivity contribution in [2.75, 3.05) is 0 Å². The standard InChI is InChI=1S/C20H22N2S/c1-4-14-11-17(12-15(5-2)18(14)6-3)20-19(13-22-23-20)16-7-9-21-10-8-16/h7-13H,4-6H2,1-3H3. The summed E-state index contributed by atoms with van der Waals surface area (Å²) >= 11 is 1.58. The Bertz CT molecular complexity index is 765. The molecule has 0 unspecified atom stereocenters. The number of hydrogen-bond acceptors (Lipinski definition) is 3.